The Bertz CT molecular complexity index is 666. The van der Waals surface area contributed by atoms with Crippen molar-refractivity contribution in [3.63, 3.8) is 0 Å². The van der Waals surface area contributed by atoms with Gasteiger partial charge in [0.05, 0.1) is 6.54 Å². The molecule has 138 valence electrons. The number of carbonyl (C=O) groups excluding carboxylic acids is 2. The maximum atomic E-state index is 11.7. The second-order valence-electron chi connectivity index (χ2n) is 5.53. The van der Waals surface area contributed by atoms with Gasteiger partial charge in [-0.1, -0.05) is 5.16 Å². The molecule has 0 aromatic carbocycles. The number of aromatic nitrogens is 1. The Balaban J connectivity index is 2.70. The minimum absolute atomic E-state index is 0.00594. The van der Waals surface area contributed by atoms with Crippen LogP contribution in [0.2, 0.25) is 0 Å². The Labute approximate surface area is 147 Å². The molecule has 0 saturated carbocycles. The number of oxime groups is 1. The molecule has 0 unspecified atom stereocenters. The molecule has 0 bridgehead atoms. The molecule has 0 spiro atoms. The number of carboxylic acids is 1. The number of nitrogens with two attached hydrogens (primary N) is 1. The van der Waals surface area contributed by atoms with E-state index in [2.05, 4.69) is 20.8 Å². The van der Waals surface area contributed by atoms with Crippen LogP contribution < -0.4 is 16.4 Å². The zero-order valence-electron chi connectivity index (χ0n) is 13.9. The van der Waals surface area contributed by atoms with Crippen molar-refractivity contribution in [3.8, 4) is 0 Å². The van der Waals surface area contributed by atoms with E-state index in [1.54, 1.807) is 20.8 Å². The monoisotopic (exact) mass is 373 g/mol. The Kier molecular flexibility index (Phi) is 7.11. The predicted octanol–water partition coefficient (Wildman–Crippen LogP) is 0.964. The Hall–Kier alpha value is -2.89. The average Bonchev–Trinajstić information content (AvgIpc) is 2.87. The Morgan fingerprint density at radius 2 is 2.08 bits per heavy atom. The molecule has 1 rings (SSSR count). The molecule has 1 heterocycles. The minimum Gasteiger partial charge on any atom is -0.476 e. The standard InChI is InChI=1S/C13H19N5O6S/c1-13(2,3)24-12(22)17-11-16-7(6-25-11)8(9(19)20)18-23-5-4-15-10(14)21/h6H,4-5H2,1-3H3,(H,19,20)(H3,14,15,21)(H,16,17,22)/b18-8-. The van der Waals surface area contributed by atoms with Gasteiger partial charge in [0, 0.05) is 5.38 Å². The maximum Gasteiger partial charge on any atom is 0.413 e. The molecule has 0 fully saturated rings. The van der Waals surface area contributed by atoms with Crippen LogP contribution >= 0.6 is 11.3 Å². The molecule has 0 radical (unpaired) electrons. The lowest BCUT2D eigenvalue weighted by atomic mass is 10.2. The fourth-order valence-corrected chi connectivity index (χ4v) is 2.04. The first kappa shape index (κ1) is 20.2. The van der Waals surface area contributed by atoms with Crippen LogP contribution in [0.3, 0.4) is 0 Å². The number of primary amides is 1. The summed E-state index contributed by atoms with van der Waals surface area (Å²) in [6, 6.07) is -0.733. The topological polar surface area (TPSA) is 165 Å². The van der Waals surface area contributed by atoms with Crippen molar-refractivity contribution in [1.82, 2.24) is 10.3 Å². The van der Waals surface area contributed by atoms with Crippen LogP contribution in [-0.2, 0) is 14.4 Å². The van der Waals surface area contributed by atoms with Crippen molar-refractivity contribution in [3.05, 3.63) is 11.1 Å². The number of carbonyl (C=O) groups is 3. The van der Waals surface area contributed by atoms with E-state index in [4.69, 9.17) is 20.4 Å². The molecular formula is C13H19N5O6S. The molecule has 5 N–H and O–H groups in total. The van der Waals surface area contributed by atoms with E-state index >= 15 is 0 Å². The molecule has 11 nitrogen and oxygen atoms in total. The predicted molar refractivity (Wildman–Crippen MR) is 89.7 cm³/mol. The van der Waals surface area contributed by atoms with Crippen LogP contribution in [0, 0.1) is 0 Å². The second-order valence-corrected chi connectivity index (χ2v) is 6.39. The van der Waals surface area contributed by atoms with Gasteiger partial charge in [-0.2, -0.15) is 0 Å². The zero-order valence-corrected chi connectivity index (χ0v) is 14.7. The summed E-state index contributed by atoms with van der Waals surface area (Å²) in [6.45, 7) is 5.11. The first-order valence-electron chi connectivity index (χ1n) is 7.01. The summed E-state index contributed by atoms with van der Waals surface area (Å²) in [4.78, 5) is 42.1. The first-order chi connectivity index (χ1) is 11.6. The van der Waals surface area contributed by atoms with Crippen LogP contribution in [0.25, 0.3) is 0 Å². The van der Waals surface area contributed by atoms with Gasteiger partial charge in [-0.05, 0) is 20.8 Å². The number of thiazole rings is 1. The van der Waals surface area contributed by atoms with Gasteiger partial charge in [0.15, 0.2) is 5.13 Å². The van der Waals surface area contributed by atoms with Crippen LogP contribution in [-0.4, -0.2) is 52.6 Å². The largest absolute Gasteiger partial charge is 0.476 e. The molecule has 3 amide bonds. The third-order valence-corrected chi connectivity index (χ3v) is 2.96. The van der Waals surface area contributed by atoms with Crippen LogP contribution in [0.4, 0.5) is 14.7 Å². The third-order valence-electron chi connectivity index (χ3n) is 2.21. The van der Waals surface area contributed by atoms with E-state index in [1.807, 2.05) is 0 Å². The first-order valence-corrected chi connectivity index (χ1v) is 7.89. The molecule has 0 saturated heterocycles. The summed E-state index contributed by atoms with van der Waals surface area (Å²) in [5.41, 5.74) is 3.74. The highest BCUT2D eigenvalue weighted by Gasteiger charge is 2.20. The van der Waals surface area contributed by atoms with E-state index in [1.165, 1.54) is 5.38 Å². The fraction of sp³-hybridized carbons (Fsp3) is 0.462. The van der Waals surface area contributed by atoms with Crippen LogP contribution in [0.1, 0.15) is 26.5 Å². The number of aliphatic carboxylic acids is 1. The average molecular weight is 373 g/mol. The number of anilines is 1. The van der Waals surface area contributed by atoms with Crippen molar-refractivity contribution in [2.24, 2.45) is 10.9 Å². The van der Waals surface area contributed by atoms with Crippen LogP contribution in [0.15, 0.2) is 10.5 Å². The van der Waals surface area contributed by atoms with Gasteiger partial charge in [-0.25, -0.2) is 19.4 Å². The quantitative estimate of drug-likeness (QED) is 0.314. The lowest BCUT2D eigenvalue weighted by Crippen LogP contribution is -2.32. The van der Waals surface area contributed by atoms with Crippen molar-refractivity contribution in [2.75, 3.05) is 18.5 Å². The number of amides is 3. The molecular weight excluding hydrogens is 354 g/mol. The van der Waals surface area contributed by atoms with Gasteiger partial charge >= 0.3 is 18.1 Å². The zero-order chi connectivity index (χ0) is 19.0. The number of rotatable bonds is 7. The highest BCUT2D eigenvalue weighted by atomic mass is 32.1. The van der Waals surface area contributed by atoms with Crippen LogP contribution in [0.5, 0.6) is 0 Å². The normalized spacial score (nSPS) is 11.6. The van der Waals surface area contributed by atoms with Crippen molar-refractivity contribution in [2.45, 2.75) is 26.4 Å². The molecule has 0 aliphatic rings. The van der Waals surface area contributed by atoms with Crippen molar-refractivity contribution < 1.29 is 29.1 Å². The minimum atomic E-state index is -1.36. The van der Waals surface area contributed by atoms with E-state index in [0.717, 1.165) is 11.3 Å². The van der Waals surface area contributed by atoms with Gasteiger partial charge in [-0.3, -0.25) is 5.32 Å². The van der Waals surface area contributed by atoms with Gasteiger partial charge < -0.3 is 25.7 Å². The SMILES string of the molecule is CC(C)(C)OC(=O)Nc1nc(/C(=N/OCCNC(N)=O)C(=O)O)cs1. The summed E-state index contributed by atoms with van der Waals surface area (Å²) in [6.07, 6.45) is -0.712. The highest BCUT2D eigenvalue weighted by Crippen LogP contribution is 2.18. The second kappa shape index (κ2) is 8.82. The Morgan fingerprint density at radius 3 is 2.64 bits per heavy atom. The third kappa shape index (κ3) is 7.97. The molecule has 12 heteroatoms. The highest BCUT2D eigenvalue weighted by molar-refractivity contribution is 7.14. The van der Waals surface area contributed by atoms with E-state index < -0.39 is 29.4 Å². The molecule has 0 aliphatic carbocycles. The summed E-state index contributed by atoms with van der Waals surface area (Å²) in [7, 11) is 0. The van der Waals surface area contributed by atoms with E-state index in [0.29, 0.717) is 0 Å². The number of ether oxygens (including phenoxy) is 1. The van der Waals surface area contributed by atoms with Crippen molar-refractivity contribution >= 4 is 40.3 Å². The lowest BCUT2D eigenvalue weighted by molar-refractivity contribution is -0.129. The van der Waals surface area contributed by atoms with E-state index in [-0.39, 0.29) is 24.0 Å². The van der Waals surface area contributed by atoms with E-state index in [9.17, 15) is 14.4 Å². The van der Waals surface area contributed by atoms with Gasteiger partial charge in [-0.15, -0.1) is 11.3 Å². The summed E-state index contributed by atoms with van der Waals surface area (Å²) in [5, 5.41) is 18.8. The van der Waals surface area contributed by atoms with Crippen molar-refractivity contribution in [1.29, 1.82) is 0 Å². The molecule has 1 aromatic heterocycles. The summed E-state index contributed by atoms with van der Waals surface area (Å²) >= 11 is 1.00. The Morgan fingerprint density at radius 1 is 1.40 bits per heavy atom. The number of nitrogens with zero attached hydrogens (tertiary/aromatic N) is 2. The van der Waals surface area contributed by atoms with Gasteiger partial charge in [0.1, 0.15) is 17.9 Å². The molecule has 0 atom stereocenters. The molecule has 25 heavy (non-hydrogen) atoms. The number of carboxylic acid groups (broad SMARTS) is 1. The number of urea groups is 1. The maximum absolute atomic E-state index is 11.7. The number of hydrogen-bond donors (Lipinski definition) is 4. The molecule has 1 aromatic rings. The molecule has 0 aliphatic heterocycles. The van der Waals surface area contributed by atoms with Gasteiger partial charge in [0.2, 0.25) is 5.71 Å². The number of nitrogens with one attached hydrogen (secondary N) is 2. The van der Waals surface area contributed by atoms with Gasteiger partial charge in [0.25, 0.3) is 0 Å². The smallest absolute Gasteiger partial charge is 0.413 e. The number of hydrogen-bond acceptors (Lipinski definition) is 8. The summed E-state index contributed by atoms with van der Waals surface area (Å²) in [5.74, 6) is -1.36. The summed E-state index contributed by atoms with van der Waals surface area (Å²) < 4.78 is 5.07. The lowest BCUT2D eigenvalue weighted by Gasteiger charge is -2.18. The fourth-order valence-electron chi connectivity index (χ4n) is 1.36.